The Morgan fingerprint density at radius 3 is 2.68 bits per heavy atom. The lowest BCUT2D eigenvalue weighted by Gasteiger charge is -2.30. The lowest BCUT2D eigenvalue weighted by atomic mass is 9.85. The minimum Gasteiger partial charge on any atom is -0.396 e. The number of hydrogen-bond donors (Lipinski definition) is 3. The van der Waals surface area contributed by atoms with E-state index >= 15 is 0 Å². The zero-order valence-electron chi connectivity index (χ0n) is 13.2. The van der Waals surface area contributed by atoms with E-state index in [1.54, 1.807) is 0 Å². The summed E-state index contributed by atoms with van der Waals surface area (Å²) < 4.78 is 5.34. The molecule has 22 heavy (non-hydrogen) atoms. The van der Waals surface area contributed by atoms with Crippen LogP contribution in [0.5, 0.6) is 0 Å². The Kier molecular flexibility index (Phi) is 6.68. The molecule has 5 heteroatoms. The Morgan fingerprint density at radius 2 is 2.00 bits per heavy atom. The van der Waals surface area contributed by atoms with Gasteiger partial charge in [-0.05, 0) is 37.5 Å². The predicted molar refractivity (Wildman–Crippen MR) is 86.8 cm³/mol. The third-order valence-corrected chi connectivity index (χ3v) is 4.14. The van der Waals surface area contributed by atoms with E-state index in [2.05, 4.69) is 10.6 Å². The number of urea groups is 1. The van der Waals surface area contributed by atoms with Crippen molar-refractivity contribution in [3.05, 3.63) is 29.8 Å². The molecule has 1 aliphatic carbocycles. The summed E-state index contributed by atoms with van der Waals surface area (Å²) in [5.74, 6) is 0.174. The number of anilines is 1. The molecule has 2 unspecified atom stereocenters. The summed E-state index contributed by atoms with van der Waals surface area (Å²) in [6, 6.07) is 7.50. The minimum atomic E-state index is -0.206. The maximum atomic E-state index is 12.1. The first-order chi connectivity index (χ1) is 10.7. The van der Waals surface area contributed by atoms with Crippen molar-refractivity contribution < 1.29 is 14.6 Å². The molecular formula is C17H26N2O3. The van der Waals surface area contributed by atoms with Gasteiger partial charge in [-0.1, -0.05) is 25.0 Å². The van der Waals surface area contributed by atoms with E-state index in [4.69, 9.17) is 4.74 Å². The molecule has 1 aliphatic rings. The first-order valence-electron chi connectivity index (χ1n) is 8.08. The van der Waals surface area contributed by atoms with E-state index in [9.17, 15) is 9.90 Å². The fourth-order valence-electron chi connectivity index (χ4n) is 2.86. The highest BCUT2D eigenvalue weighted by molar-refractivity contribution is 5.89. The van der Waals surface area contributed by atoms with Crippen molar-refractivity contribution in [2.24, 2.45) is 5.92 Å². The summed E-state index contributed by atoms with van der Waals surface area (Å²) in [7, 11) is 0. The molecule has 1 fully saturated rings. The van der Waals surface area contributed by atoms with Crippen LogP contribution >= 0.6 is 0 Å². The second-order valence-corrected chi connectivity index (χ2v) is 5.77. The van der Waals surface area contributed by atoms with Gasteiger partial charge in [-0.2, -0.15) is 0 Å². The van der Waals surface area contributed by atoms with Crippen molar-refractivity contribution in [1.29, 1.82) is 0 Å². The lowest BCUT2D eigenvalue weighted by Crippen LogP contribution is -2.45. The van der Waals surface area contributed by atoms with Gasteiger partial charge in [0.25, 0.3) is 0 Å². The molecule has 0 saturated heterocycles. The molecule has 122 valence electrons. The summed E-state index contributed by atoms with van der Waals surface area (Å²) in [5, 5.41) is 15.2. The number of carbonyl (C=O) groups excluding carboxylic acids is 1. The van der Waals surface area contributed by atoms with Crippen LogP contribution in [0.2, 0.25) is 0 Å². The normalized spacial score (nSPS) is 21.4. The highest BCUT2D eigenvalue weighted by Crippen LogP contribution is 2.24. The summed E-state index contributed by atoms with van der Waals surface area (Å²) in [6.45, 7) is 3.38. The Balaban J connectivity index is 1.83. The van der Waals surface area contributed by atoms with Crippen molar-refractivity contribution in [3.8, 4) is 0 Å². The minimum absolute atomic E-state index is 0.0657. The maximum Gasteiger partial charge on any atom is 0.319 e. The molecule has 1 aromatic carbocycles. The molecule has 3 N–H and O–H groups in total. The third kappa shape index (κ3) is 5.00. The molecule has 2 atom stereocenters. The maximum absolute atomic E-state index is 12.1. The van der Waals surface area contributed by atoms with E-state index in [1.165, 1.54) is 0 Å². The van der Waals surface area contributed by atoms with Crippen molar-refractivity contribution in [2.45, 2.75) is 45.3 Å². The first-order valence-corrected chi connectivity index (χ1v) is 8.08. The van der Waals surface area contributed by atoms with Crippen LogP contribution in [0.25, 0.3) is 0 Å². The van der Waals surface area contributed by atoms with Crippen LogP contribution < -0.4 is 10.6 Å². The van der Waals surface area contributed by atoms with Gasteiger partial charge in [0.1, 0.15) is 0 Å². The topological polar surface area (TPSA) is 70.6 Å². The molecule has 0 aromatic heterocycles. The molecule has 0 radical (unpaired) electrons. The second-order valence-electron chi connectivity index (χ2n) is 5.77. The number of aliphatic hydroxyl groups excluding tert-OH is 1. The number of aliphatic hydroxyl groups is 1. The van der Waals surface area contributed by atoms with Gasteiger partial charge in [-0.25, -0.2) is 4.79 Å². The fraction of sp³-hybridized carbons (Fsp3) is 0.588. The fourth-order valence-corrected chi connectivity index (χ4v) is 2.86. The molecule has 1 aromatic rings. The number of rotatable bonds is 6. The molecular weight excluding hydrogens is 280 g/mol. The van der Waals surface area contributed by atoms with Crippen LogP contribution in [0.15, 0.2) is 24.3 Å². The number of carbonyl (C=O) groups is 1. The van der Waals surface area contributed by atoms with Crippen molar-refractivity contribution in [2.75, 3.05) is 18.5 Å². The molecule has 2 amide bonds. The van der Waals surface area contributed by atoms with Crippen LogP contribution in [0.1, 0.15) is 38.2 Å². The van der Waals surface area contributed by atoms with E-state index in [0.29, 0.717) is 13.2 Å². The van der Waals surface area contributed by atoms with Gasteiger partial charge < -0.3 is 20.5 Å². The lowest BCUT2D eigenvalue weighted by molar-refractivity contribution is 0.134. The van der Waals surface area contributed by atoms with Crippen LogP contribution in [0, 0.1) is 5.92 Å². The number of amides is 2. The zero-order valence-corrected chi connectivity index (χ0v) is 13.2. The van der Waals surface area contributed by atoms with Crippen LogP contribution in [0.3, 0.4) is 0 Å². The van der Waals surface area contributed by atoms with E-state index in [1.807, 2.05) is 31.2 Å². The summed E-state index contributed by atoms with van der Waals surface area (Å²) in [6.07, 6.45) is 4.15. The molecule has 0 bridgehead atoms. The summed E-state index contributed by atoms with van der Waals surface area (Å²) in [5.41, 5.74) is 1.84. The SMILES string of the molecule is CCOCc1ccc(NC(=O)NC2CCCCC2CO)cc1. The average molecular weight is 306 g/mol. The summed E-state index contributed by atoms with van der Waals surface area (Å²) >= 11 is 0. The predicted octanol–water partition coefficient (Wildman–Crippen LogP) is 2.90. The van der Waals surface area contributed by atoms with Gasteiger partial charge in [-0.3, -0.25) is 0 Å². The van der Waals surface area contributed by atoms with E-state index < -0.39 is 0 Å². The van der Waals surface area contributed by atoms with Gasteiger partial charge >= 0.3 is 6.03 Å². The quantitative estimate of drug-likeness (QED) is 0.757. The smallest absolute Gasteiger partial charge is 0.319 e. The van der Waals surface area contributed by atoms with Crippen LogP contribution in [-0.2, 0) is 11.3 Å². The van der Waals surface area contributed by atoms with Crippen molar-refractivity contribution in [1.82, 2.24) is 5.32 Å². The Bertz CT molecular complexity index is 461. The van der Waals surface area contributed by atoms with Crippen LogP contribution in [-0.4, -0.2) is 30.4 Å². The van der Waals surface area contributed by atoms with Crippen molar-refractivity contribution >= 4 is 11.7 Å². The molecule has 0 aliphatic heterocycles. The average Bonchev–Trinajstić information content (AvgIpc) is 2.54. The Labute approximate surface area is 132 Å². The number of hydrogen-bond acceptors (Lipinski definition) is 3. The Morgan fingerprint density at radius 1 is 1.27 bits per heavy atom. The number of ether oxygens (including phenoxy) is 1. The highest BCUT2D eigenvalue weighted by atomic mass is 16.5. The number of benzene rings is 1. The molecule has 0 spiro atoms. The van der Waals surface area contributed by atoms with Crippen molar-refractivity contribution in [3.63, 3.8) is 0 Å². The number of nitrogens with one attached hydrogen (secondary N) is 2. The monoisotopic (exact) mass is 306 g/mol. The van der Waals surface area contributed by atoms with Gasteiger partial charge in [0.05, 0.1) is 6.61 Å². The molecule has 1 saturated carbocycles. The van der Waals surface area contributed by atoms with E-state index in [-0.39, 0.29) is 24.6 Å². The van der Waals surface area contributed by atoms with Gasteiger partial charge in [0, 0.05) is 30.9 Å². The van der Waals surface area contributed by atoms with E-state index in [0.717, 1.165) is 36.9 Å². The largest absolute Gasteiger partial charge is 0.396 e. The molecule has 5 nitrogen and oxygen atoms in total. The molecule has 2 rings (SSSR count). The van der Waals surface area contributed by atoms with Gasteiger partial charge in [-0.15, -0.1) is 0 Å². The second kappa shape index (κ2) is 8.76. The highest BCUT2D eigenvalue weighted by Gasteiger charge is 2.25. The van der Waals surface area contributed by atoms with Crippen LogP contribution in [0.4, 0.5) is 10.5 Å². The van der Waals surface area contributed by atoms with Gasteiger partial charge in [0.2, 0.25) is 0 Å². The van der Waals surface area contributed by atoms with Gasteiger partial charge in [0.15, 0.2) is 0 Å². The first kappa shape index (κ1) is 16.8. The summed E-state index contributed by atoms with van der Waals surface area (Å²) in [4.78, 5) is 12.1. The third-order valence-electron chi connectivity index (χ3n) is 4.14. The molecule has 0 heterocycles. The zero-order chi connectivity index (χ0) is 15.8. The standard InChI is InChI=1S/C17H26N2O3/c1-2-22-12-13-7-9-15(10-8-13)18-17(21)19-16-6-4-3-5-14(16)11-20/h7-10,14,16,20H,2-6,11-12H2,1H3,(H2,18,19,21). The Hall–Kier alpha value is -1.59.